The van der Waals surface area contributed by atoms with E-state index >= 15 is 0 Å². The molecule has 1 rings (SSSR count). The van der Waals surface area contributed by atoms with Crippen LogP contribution in [0, 0.1) is 0 Å². The molecule has 0 saturated heterocycles. The van der Waals surface area contributed by atoms with Gasteiger partial charge < -0.3 is 14.8 Å². The second-order valence-corrected chi connectivity index (χ2v) is 3.24. The molecule has 1 aromatic heterocycles. The Hall–Kier alpha value is -1.67. The van der Waals surface area contributed by atoms with Crippen molar-refractivity contribution in [2.24, 2.45) is 0 Å². The lowest BCUT2D eigenvalue weighted by Gasteiger charge is -2.04. The lowest BCUT2D eigenvalue weighted by Crippen LogP contribution is -2.27. The third-order valence-corrected chi connectivity index (χ3v) is 1.90. The van der Waals surface area contributed by atoms with Crippen molar-refractivity contribution in [2.45, 2.75) is 6.42 Å². The monoisotopic (exact) mass is 244 g/mol. The maximum atomic E-state index is 11.2. The molecule has 8 nitrogen and oxygen atoms in total. The Balaban J connectivity index is 2.18. The van der Waals surface area contributed by atoms with Gasteiger partial charge in [-0.25, -0.2) is 9.89 Å². The molecule has 1 aromatic rings. The van der Waals surface area contributed by atoms with Crippen LogP contribution >= 0.6 is 0 Å². The minimum atomic E-state index is -0.622. The Kier molecular flexibility index (Phi) is 5.97. The second kappa shape index (κ2) is 7.58. The van der Waals surface area contributed by atoms with Crippen LogP contribution in [0.1, 0.15) is 6.42 Å². The molecule has 0 radical (unpaired) electrons. The zero-order valence-corrected chi connectivity index (χ0v) is 9.62. The van der Waals surface area contributed by atoms with E-state index in [1.165, 1.54) is 0 Å². The van der Waals surface area contributed by atoms with E-state index in [0.717, 1.165) is 6.42 Å². The normalized spacial score (nSPS) is 10.4. The molecular formula is C9H16N4O4. The maximum Gasteiger partial charge on any atom is 0.342 e. The third kappa shape index (κ3) is 5.27. The van der Waals surface area contributed by atoms with Crippen molar-refractivity contribution >= 4 is 5.82 Å². The van der Waals surface area contributed by atoms with E-state index in [9.17, 15) is 9.59 Å². The van der Waals surface area contributed by atoms with Gasteiger partial charge in [0.05, 0.1) is 13.2 Å². The smallest absolute Gasteiger partial charge is 0.342 e. The van der Waals surface area contributed by atoms with Crippen LogP contribution in [0.5, 0.6) is 0 Å². The number of hydrogen-bond donors (Lipinski definition) is 3. The van der Waals surface area contributed by atoms with Crippen LogP contribution in [-0.2, 0) is 9.47 Å². The van der Waals surface area contributed by atoms with Crippen LogP contribution < -0.4 is 16.6 Å². The quantitative estimate of drug-likeness (QED) is 0.502. The van der Waals surface area contributed by atoms with Crippen LogP contribution in [0.2, 0.25) is 0 Å². The molecule has 17 heavy (non-hydrogen) atoms. The predicted molar refractivity (Wildman–Crippen MR) is 61.3 cm³/mol. The van der Waals surface area contributed by atoms with Gasteiger partial charge >= 0.3 is 5.69 Å². The highest BCUT2D eigenvalue weighted by molar-refractivity contribution is 5.28. The van der Waals surface area contributed by atoms with E-state index < -0.39 is 11.2 Å². The molecule has 3 N–H and O–H groups in total. The third-order valence-electron chi connectivity index (χ3n) is 1.90. The molecule has 0 fully saturated rings. The van der Waals surface area contributed by atoms with Crippen molar-refractivity contribution < 1.29 is 9.47 Å². The first-order chi connectivity index (χ1) is 8.24. The Morgan fingerprint density at radius 1 is 1.29 bits per heavy atom. The number of H-pyrrole nitrogens is 2. The molecule has 0 bridgehead atoms. The van der Waals surface area contributed by atoms with Gasteiger partial charge in [-0.2, -0.15) is 0 Å². The molecule has 0 amide bonds. The minimum Gasteiger partial charge on any atom is -0.382 e. The van der Waals surface area contributed by atoms with Gasteiger partial charge in [-0.15, -0.1) is 5.10 Å². The van der Waals surface area contributed by atoms with E-state index in [4.69, 9.17) is 9.47 Å². The molecule has 0 unspecified atom stereocenters. The largest absolute Gasteiger partial charge is 0.382 e. The first-order valence-electron chi connectivity index (χ1n) is 5.23. The van der Waals surface area contributed by atoms with E-state index in [-0.39, 0.29) is 5.82 Å². The van der Waals surface area contributed by atoms with Gasteiger partial charge in [-0.1, -0.05) is 0 Å². The highest BCUT2D eigenvalue weighted by Gasteiger charge is 2.00. The second-order valence-electron chi connectivity index (χ2n) is 3.24. The van der Waals surface area contributed by atoms with Gasteiger partial charge in [0.25, 0.3) is 5.56 Å². The molecule has 0 aromatic carbocycles. The zero-order valence-electron chi connectivity index (χ0n) is 9.62. The van der Waals surface area contributed by atoms with Gasteiger partial charge in [0.15, 0.2) is 0 Å². The number of methoxy groups -OCH3 is 1. The maximum absolute atomic E-state index is 11.2. The van der Waals surface area contributed by atoms with Crippen LogP contribution in [0.3, 0.4) is 0 Å². The van der Waals surface area contributed by atoms with Crippen molar-refractivity contribution in [3.05, 3.63) is 20.8 Å². The number of nitrogens with one attached hydrogen (secondary N) is 3. The first-order valence-corrected chi connectivity index (χ1v) is 5.23. The van der Waals surface area contributed by atoms with E-state index in [0.29, 0.717) is 26.4 Å². The average molecular weight is 244 g/mol. The Morgan fingerprint density at radius 2 is 2.12 bits per heavy atom. The number of nitrogens with zero attached hydrogens (tertiary/aromatic N) is 1. The Bertz CT molecular complexity index is 427. The summed E-state index contributed by atoms with van der Waals surface area (Å²) in [6.45, 7) is 2.22. The first kappa shape index (κ1) is 13.4. The van der Waals surface area contributed by atoms with Gasteiger partial charge in [0.1, 0.15) is 0 Å². The van der Waals surface area contributed by atoms with E-state index in [1.54, 1.807) is 7.11 Å². The van der Waals surface area contributed by atoms with Crippen LogP contribution in [0.25, 0.3) is 0 Å². The minimum absolute atomic E-state index is 0.0986. The highest BCUT2D eigenvalue weighted by atomic mass is 16.5. The predicted octanol–water partition coefficient (Wildman–Crippen LogP) is -1.08. The molecule has 8 heteroatoms. The Morgan fingerprint density at radius 3 is 2.82 bits per heavy atom. The molecule has 1 heterocycles. The fourth-order valence-electron chi connectivity index (χ4n) is 1.09. The molecule has 0 spiro atoms. The van der Waals surface area contributed by atoms with Crippen LogP contribution in [0.4, 0.5) is 5.82 Å². The van der Waals surface area contributed by atoms with Gasteiger partial charge in [0.2, 0.25) is 5.82 Å². The van der Waals surface area contributed by atoms with Gasteiger partial charge in [0, 0.05) is 20.3 Å². The van der Waals surface area contributed by atoms with E-state index in [2.05, 4.69) is 20.5 Å². The summed E-state index contributed by atoms with van der Waals surface area (Å²) in [4.78, 5) is 24.0. The Labute approximate surface area is 97.3 Å². The SMILES string of the molecule is COCCOCCCNc1n[nH]c(=O)[nH]c1=O. The summed E-state index contributed by atoms with van der Waals surface area (Å²) in [5.41, 5.74) is -1.16. The van der Waals surface area contributed by atoms with Gasteiger partial charge in [-0.3, -0.25) is 9.78 Å². The lowest BCUT2D eigenvalue weighted by molar-refractivity contribution is 0.0705. The summed E-state index contributed by atoms with van der Waals surface area (Å²) in [6.07, 6.45) is 0.726. The molecule has 0 saturated carbocycles. The fourth-order valence-corrected chi connectivity index (χ4v) is 1.09. The lowest BCUT2D eigenvalue weighted by atomic mass is 10.4. The molecule has 0 aliphatic rings. The van der Waals surface area contributed by atoms with Crippen LogP contribution in [-0.4, -0.2) is 48.7 Å². The molecular weight excluding hydrogens is 228 g/mol. The number of aromatic nitrogens is 3. The van der Waals surface area contributed by atoms with Crippen molar-refractivity contribution in [3.8, 4) is 0 Å². The summed E-state index contributed by atoms with van der Waals surface area (Å²) in [5.74, 6) is 0.0986. The van der Waals surface area contributed by atoms with Crippen molar-refractivity contribution in [1.29, 1.82) is 0 Å². The number of ether oxygens (including phenoxy) is 2. The number of rotatable bonds is 8. The molecule has 0 atom stereocenters. The van der Waals surface area contributed by atoms with Crippen molar-refractivity contribution in [2.75, 3.05) is 38.8 Å². The van der Waals surface area contributed by atoms with Gasteiger partial charge in [-0.05, 0) is 6.42 Å². The molecule has 0 aliphatic heterocycles. The summed E-state index contributed by atoms with van der Waals surface area (Å²) < 4.78 is 10.0. The zero-order chi connectivity index (χ0) is 12.5. The summed E-state index contributed by atoms with van der Waals surface area (Å²) in [6, 6.07) is 0. The van der Waals surface area contributed by atoms with E-state index in [1.807, 2.05) is 0 Å². The number of hydrogen-bond acceptors (Lipinski definition) is 6. The molecule has 0 aliphatic carbocycles. The highest BCUT2D eigenvalue weighted by Crippen LogP contribution is 1.89. The number of aromatic amines is 2. The average Bonchev–Trinajstić information content (AvgIpc) is 2.30. The number of anilines is 1. The van der Waals surface area contributed by atoms with Crippen molar-refractivity contribution in [3.63, 3.8) is 0 Å². The van der Waals surface area contributed by atoms with Crippen molar-refractivity contribution in [1.82, 2.24) is 15.2 Å². The molecule has 96 valence electrons. The summed E-state index contributed by atoms with van der Waals surface area (Å²) in [5, 5.41) is 8.50. The summed E-state index contributed by atoms with van der Waals surface area (Å²) >= 11 is 0. The van der Waals surface area contributed by atoms with Crippen LogP contribution in [0.15, 0.2) is 9.59 Å². The topological polar surface area (TPSA) is 109 Å². The fraction of sp³-hybridized carbons (Fsp3) is 0.667. The standard InChI is InChI=1S/C9H16N4O4/c1-16-5-6-17-4-2-3-10-7-8(14)11-9(15)13-12-7/h2-6H2,1H3,(H,10,12)(H2,11,13,14,15). The summed E-state index contributed by atoms with van der Waals surface area (Å²) in [7, 11) is 1.61.